The largest absolute Gasteiger partial charge is 0.374 e. The van der Waals surface area contributed by atoms with Crippen LogP contribution in [0.1, 0.15) is 5.69 Å². The summed E-state index contributed by atoms with van der Waals surface area (Å²) >= 11 is 5.65. The van der Waals surface area contributed by atoms with E-state index in [9.17, 15) is 0 Å². The van der Waals surface area contributed by atoms with Gasteiger partial charge in [-0.3, -0.25) is 0 Å². The van der Waals surface area contributed by atoms with Gasteiger partial charge >= 0.3 is 0 Å². The Hall–Kier alpha value is -0.650. The predicted molar refractivity (Wildman–Crippen MR) is 56.8 cm³/mol. The highest BCUT2D eigenvalue weighted by molar-refractivity contribution is 6.16. The molecule has 1 fully saturated rings. The lowest BCUT2D eigenvalue weighted by Gasteiger charge is -2.29. The number of alkyl halides is 1. The van der Waals surface area contributed by atoms with Gasteiger partial charge in [-0.1, -0.05) is 5.21 Å². The molecule has 1 aromatic heterocycles. The zero-order valence-electron chi connectivity index (χ0n) is 8.77. The highest BCUT2D eigenvalue weighted by Gasteiger charge is 2.18. The Morgan fingerprint density at radius 3 is 3.20 bits per heavy atom. The zero-order chi connectivity index (χ0) is 10.7. The van der Waals surface area contributed by atoms with Crippen molar-refractivity contribution in [3.05, 3.63) is 11.9 Å². The first kappa shape index (κ1) is 10.9. The van der Waals surface area contributed by atoms with E-state index in [1.54, 1.807) is 4.68 Å². The van der Waals surface area contributed by atoms with Crippen molar-refractivity contribution >= 4 is 11.6 Å². The molecule has 2 heterocycles. The number of likely N-dealkylation sites (N-methyl/N-ethyl adjacent to an activating group) is 1. The van der Waals surface area contributed by atoms with Crippen LogP contribution in [0.3, 0.4) is 0 Å². The summed E-state index contributed by atoms with van der Waals surface area (Å²) in [4.78, 5) is 2.26. The first-order valence-electron chi connectivity index (χ1n) is 5.03. The normalized spacial score (nSPS) is 23.2. The van der Waals surface area contributed by atoms with Gasteiger partial charge in [-0.05, 0) is 7.05 Å². The minimum absolute atomic E-state index is 0.202. The molecular formula is C9H15ClN4O. The average molecular weight is 231 g/mol. The van der Waals surface area contributed by atoms with Crippen molar-refractivity contribution in [3.8, 4) is 0 Å². The number of rotatable bonds is 3. The van der Waals surface area contributed by atoms with Crippen molar-refractivity contribution in [2.24, 2.45) is 0 Å². The fourth-order valence-corrected chi connectivity index (χ4v) is 1.80. The zero-order valence-corrected chi connectivity index (χ0v) is 9.52. The van der Waals surface area contributed by atoms with Gasteiger partial charge < -0.3 is 9.64 Å². The van der Waals surface area contributed by atoms with Crippen molar-refractivity contribution in [2.45, 2.75) is 18.5 Å². The van der Waals surface area contributed by atoms with E-state index in [-0.39, 0.29) is 6.10 Å². The summed E-state index contributed by atoms with van der Waals surface area (Å²) in [6, 6.07) is 0. The molecule has 1 aliphatic rings. The molecule has 0 aromatic carbocycles. The van der Waals surface area contributed by atoms with Gasteiger partial charge in [-0.25, -0.2) is 4.68 Å². The highest BCUT2D eigenvalue weighted by Crippen LogP contribution is 2.06. The van der Waals surface area contributed by atoms with Crippen LogP contribution in [0.4, 0.5) is 0 Å². The molecule has 1 aliphatic heterocycles. The second kappa shape index (κ2) is 4.92. The van der Waals surface area contributed by atoms with Crippen molar-refractivity contribution in [1.29, 1.82) is 0 Å². The molecule has 1 atom stereocenters. The number of hydrogen-bond donors (Lipinski definition) is 0. The molecule has 1 saturated heterocycles. The molecule has 0 saturated carbocycles. The molecule has 5 nitrogen and oxygen atoms in total. The molecule has 1 aromatic rings. The second-order valence-electron chi connectivity index (χ2n) is 3.82. The van der Waals surface area contributed by atoms with E-state index in [2.05, 4.69) is 22.3 Å². The monoisotopic (exact) mass is 230 g/mol. The number of ether oxygens (including phenoxy) is 1. The van der Waals surface area contributed by atoms with Crippen molar-refractivity contribution in [3.63, 3.8) is 0 Å². The van der Waals surface area contributed by atoms with Crippen LogP contribution in [0.15, 0.2) is 6.20 Å². The number of nitrogens with zero attached hydrogens (tertiary/aromatic N) is 4. The molecular weight excluding hydrogens is 216 g/mol. The van der Waals surface area contributed by atoms with Crippen molar-refractivity contribution < 1.29 is 4.74 Å². The molecule has 0 aliphatic carbocycles. The Kier molecular flexibility index (Phi) is 3.56. The van der Waals surface area contributed by atoms with E-state index >= 15 is 0 Å². The summed E-state index contributed by atoms with van der Waals surface area (Å²) < 4.78 is 7.43. The van der Waals surface area contributed by atoms with E-state index in [0.29, 0.717) is 5.88 Å². The lowest BCUT2D eigenvalue weighted by atomic mass is 10.3. The fraction of sp³-hybridized carbons (Fsp3) is 0.778. The van der Waals surface area contributed by atoms with Crippen molar-refractivity contribution in [1.82, 2.24) is 19.9 Å². The lowest BCUT2D eigenvalue weighted by molar-refractivity contribution is -0.0292. The van der Waals surface area contributed by atoms with Crippen LogP contribution in [0.25, 0.3) is 0 Å². The maximum Gasteiger partial charge on any atom is 0.0974 e. The van der Waals surface area contributed by atoms with Crippen LogP contribution in [0.2, 0.25) is 0 Å². The third-order valence-corrected chi connectivity index (χ3v) is 2.73. The molecule has 0 amide bonds. The number of hydrogen-bond acceptors (Lipinski definition) is 4. The van der Waals surface area contributed by atoms with Gasteiger partial charge in [0.2, 0.25) is 0 Å². The lowest BCUT2D eigenvalue weighted by Crippen LogP contribution is -2.42. The van der Waals surface area contributed by atoms with Gasteiger partial charge in [-0.15, -0.1) is 16.7 Å². The van der Waals surface area contributed by atoms with Crippen molar-refractivity contribution in [2.75, 3.05) is 26.7 Å². The average Bonchev–Trinajstić information content (AvgIpc) is 2.65. The summed E-state index contributed by atoms with van der Waals surface area (Å²) in [5.41, 5.74) is 0.806. The third kappa shape index (κ3) is 2.90. The molecule has 2 rings (SSSR count). The summed E-state index contributed by atoms with van der Waals surface area (Å²) in [7, 11) is 2.10. The smallest absolute Gasteiger partial charge is 0.0974 e. The van der Waals surface area contributed by atoms with Crippen LogP contribution in [0, 0.1) is 0 Å². The highest BCUT2D eigenvalue weighted by atomic mass is 35.5. The van der Waals surface area contributed by atoms with Crippen LogP contribution in [0.5, 0.6) is 0 Å². The SMILES string of the molecule is CN1CCOC(Cn2cc(CCl)nn2)C1. The molecule has 15 heavy (non-hydrogen) atoms. The molecule has 0 spiro atoms. The van der Waals surface area contributed by atoms with Gasteiger partial charge in [0.15, 0.2) is 0 Å². The number of morpholine rings is 1. The van der Waals surface area contributed by atoms with Crippen LogP contribution >= 0.6 is 11.6 Å². The Labute approximate surface area is 94.0 Å². The maximum absolute atomic E-state index is 5.65. The number of aromatic nitrogens is 3. The van der Waals surface area contributed by atoms with E-state index in [1.807, 2.05) is 6.20 Å². The van der Waals surface area contributed by atoms with E-state index in [1.165, 1.54) is 0 Å². The molecule has 0 bridgehead atoms. The van der Waals surface area contributed by atoms with Crippen LogP contribution in [-0.4, -0.2) is 52.7 Å². The second-order valence-corrected chi connectivity index (χ2v) is 4.09. The first-order valence-corrected chi connectivity index (χ1v) is 5.56. The summed E-state index contributed by atoms with van der Waals surface area (Å²) in [6.45, 7) is 3.48. The maximum atomic E-state index is 5.65. The Bertz CT molecular complexity index is 317. The van der Waals surface area contributed by atoms with E-state index in [4.69, 9.17) is 16.3 Å². The van der Waals surface area contributed by atoms with Gasteiger partial charge in [0, 0.05) is 19.3 Å². The van der Waals surface area contributed by atoms with Gasteiger partial charge in [0.1, 0.15) is 0 Å². The Morgan fingerprint density at radius 1 is 1.67 bits per heavy atom. The standard InChI is InChI=1S/C9H15ClN4O/c1-13-2-3-15-9(6-13)7-14-5-8(4-10)11-12-14/h5,9H,2-4,6-7H2,1H3. The Balaban J connectivity index is 1.90. The topological polar surface area (TPSA) is 43.2 Å². The van der Waals surface area contributed by atoms with Gasteiger partial charge in [0.25, 0.3) is 0 Å². The first-order chi connectivity index (χ1) is 7.28. The molecule has 84 valence electrons. The number of halogens is 1. The van der Waals surface area contributed by atoms with Crippen LogP contribution in [-0.2, 0) is 17.2 Å². The van der Waals surface area contributed by atoms with E-state index < -0.39 is 0 Å². The van der Waals surface area contributed by atoms with Gasteiger partial charge in [0.05, 0.1) is 30.8 Å². The fourth-order valence-electron chi connectivity index (χ4n) is 1.67. The quantitative estimate of drug-likeness (QED) is 0.703. The summed E-state index contributed by atoms with van der Waals surface area (Å²) in [5.74, 6) is 0.408. The van der Waals surface area contributed by atoms with E-state index in [0.717, 1.165) is 31.9 Å². The summed E-state index contributed by atoms with van der Waals surface area (Å²) in [5, 5.41) is 7.92. The minimum atomic E-state index is 0.202. The predicted octanol–water partition coefficient (Wildman–Crippen LogP) is 0.347. The minimum Gasteiger partial charge on any atom is -0.374 e. The third-order valence-electron chi connectivity index (χ3n) is 2.46. The molecule has 1 unspecified atom stereocenters. The Morgan fingerprint density at radius 2 is 2.53 bits per heavy atom. The van der Waals surface area contributed by atoms with Crippen LogP contribution < -0.4 is 0 Å². The molecule has 0 radical (unpaired) electrons. The van der Waals surface area contributed by atoms with Gasteiger partial charge in [-0.2, -0.15) is 0 Å². The molecule has 6 heteroatoms. The molecule has 0 N–H and O–H groups in total. The summed E-state index contributed by atoms with van der Waals surface area (Å²) in [6.07, 6.45) is 2.07.